The first kappa shape index (κ1) is 13.4. The number of aromatic amines is 1. The minimum Gasteiger partial charge on any atom is -0.378 e. The molecular formula is C9H16N2O3S2. The summed E-state index contributed by atoms with van der Waals surface area (Å²) >= 11 is 5.09. The van der Waals surface area contributed by atoms with Crippen LogP contribution in [0.1, 0.15) is 12.6 Å². The first-order valence-electron chi connectivity index (χ1n) is 4.96. The SMILES string of the molecule is CCS(=O)(=O)CCn1[nH]c(COC)cc1=S. The topological polar surface area (TPSA) is 64.1 Å². The Morgan fingerprint density at radius 2 is 2.25 bits per heavy atom. The van der Waals surface area contributed by atoms with Crippen molar-refractivity contribution in [3.63, 3.8) is 0 Å². The summed E-state index contributed by atoms with van der Waals surface area (Å²) < 4.78 is 29.9. The first-order chi connectivity index (χ1) is 7.48. The van der Waals surface area contributed by atoms with E-state index in [1.807, 2.05) is 0 Å². The molecule has 16 heavy (non-hydrogen) atoms. The summed E-state index contributed by atoms with van der Waals surface area (Å²) in [4.78, 5) is 0. The second kappa shape index (κ2) is 5.60. The van der Waals surface area contributed by atoms with Gasteiger partial charge in [-0.05, 0) is 6.07 Å². The molecule has 0 saturated carbocycles. The molecule has 0 unspecified atom stereocenters. The fourth-order valence-electron chi connectivity index (χ4n) is 1.26. The van der Waals surface area contributed by atoms with Crippen LogP contribution in [0.4, 0.5) is 0 Å². The van der Waals surface area contributed by atoms with Gasteiger partial charge in [-0.2, -0.15) is 0 Å². The zero-order valence-electron chi connectivity index (χ0n) is 9.39. The van der Waals surface area contributed by atoms with Crippen molar-refractivity contribution in [2.24, 2.45) is 0 Å². The average Bonchev–Trinajstić information content (AvgIpc) is 2.57. The van der Waals surface area contributed by atoms with Crippen molar-refractivity contribution in [3.05, 3.63) is 16.4 Å². The molecule has 0 saturated heterocycles. The van der Waals surface area contributed by atoms with Crippen molar-refractivity contribution < 1.29 is 13.2 Å². The molecule has 5 nitrogen and oxygen atoms in total. The Kier molecular flexibility index (Phi) is 4.69. The van der Waals surface area contributed by atoms with Gasteiger partial charge in [0.1, 0.15) is 4.64 Å². The van der Waals surface area contributed by atoms with Crippen LogP contribution in [0.3, 0.4) is 0 Å². The minimum atomic E-state index is -2.96. The maximum absolute atomic E-state index is 11.3. The zero-order chi connectivity index (χ0) is 12.2. The highest BCUT2D eigenvalue weighted by atomic mass is 32.2. The van der Waals surface area contributed by atoms with Gasteiger partial charge < -0.3 is 4.74 Å². The van der Waals surface area contributed by atoms with E-state index in [1.54, 1.807) is 24.8 Å². The van der Waals surface area contributed by atoms with Crippen LogP contribution in [0.25, 0.3) is 0 Å². The molecule has 0 fully saturated rings. The molecule has 0 aromatic carbocycles. The second-order valence-corrected chi connectivity index (χ2v) is 6.33. The van der Waals surface area contributed by atoms with Gasteiger partial charge in [0.05, 0.1) is 24.6 Å². The van der Waals surface area contributed by atoms with Gasteiger partial charge >= 0.3 is 0 Å². The van der Waals surface area contributed by atoms with Gasteiger partial charge in [0, 0.05) is 12.9 Å². The second-order valence-electron chi connectivity index (χ2n) is 3.44. The number of nitrogens with one attached hydrogen (secondary N) is 1. The Hall–Kier alpha value is -0.660. The van der Waals surface area contributed by atoms with E-state index in [2.05, 4.69) is 5.10 Å². The Labute approximate surface area is 100 Å². The van der Waals surface area contributed by atoms with Crippen LogP contribution in [-0.4, -0.2) is 36.8 Å². The van der Waals surface area contributed by atoms with Crippen LogP contribution < -0.4 is 0 Å². The monoisotopic (exact) mass is 264 g/mol. The highest BCUT2D eigenvalue weighted by Gasteiger charge is 2.08. The van der Waals surface area contributed by atoms with Crippen molar-refractivity contribution in [2.75, 3.05) is 18.6 Å². The van der Waals surface area contributed by atoms with Crippen LogP contribution in [0.15, 0.2) is 6.07 Å². The third-order valence-electron chi connectivity index (χ3n) is 2.21. The van der Waals surface area contributed by atoms with Crippen LogP contribution >= 0.6 is 12.2 Å². The number of aryl methyl sites for hydroxylation is 1. The number of hydrogen-bond donors (Lipinski definition) is 1. The maximum atomic E-state index is 11.3. The maximum Gasteiger partial charge on any atom is 0.151 e. The molecule has 0 atom stereocenters. The van der Waals surface area contributed by atoms with E-state index in [-0.39, 0.29) is 11.5 Å². The Morgan fingerprint density at radius 1 is 1.56 bits per heavy atom. The lowest BCUT2D eigenvalue weighted by molar-refractivity contribution is 0.180. The third-order valence-corrected chi connectivity index (χ3v) is 4.23. The van der Waals surface area contributed by atoms with E-state index in [0.29, 0.717) is 17.8 Å². The molecular weight excluding hydrogens is 248 g/mol. The zero-order valence-corrected chi connectivity index (χ0v) is 11.0. The predicted octanol–water partition coefficient (Wildman–Crippen LogP) is 1.13. The highest BCUT2D eigenvalue weighted by molar-refractivity contribution is 7.91. The number of aromatic nitrogens is 2. The molecule has 0 aliphatic rings. The van der Waals surface area contributed by atoms with Crippen LogP contribution in [0.5, 0.6) is 0 Å². The Balaban J connectivity index is 2.71. The molecule has 92 valence electrons. The number of ether oxygens (including phenoxy) is 1. The van der Waals surface area contributed by atoms with Crippen LogP contribution in [0.2, 0.25) is 0 Å². The molecule has 0 amide bonds. The van der Waals surface area contributed by atoms with Gasteiger partial charge in [-0.15, -0.1) is 0 Å². The standard InChI is InChI=1S/C9H16N2O3S2/c1-3-16(12,13)5-4-11-9(15)6-8(10-11)7-14-2/h6,10H,3-5,7H2,1-2H3. The van der Waals surface area contributed by atoms with Crippen molar-refractivity contribution in [1.29, 1.82) is 0 Å². The van der Waals surface area contributed by atoms with Crippen LogP contribution in [-0.2, 0) is 27.7 Å². The third kappa shape index (κ3) is 3.73. The smallest absolute Gasteiger partial charge is 0.151 e. The molecule has 7 heteroatoms. The summed E-state index contributed by atoms with van der Waals surface area (Å²) in [6.45, 7) is 2.44. The molecule has 1 N–H and O–H groups in total. The minimum absolute atomic E-state index is 0.102. The fourth-order valence-corrected chi connectivity index (χ4v) is 2.29. The Bertz CT molecular complexity index is 487. The Morgan fingerprint density at radius 3 is 2.81 bits per heavy atom. The van der Waals surface area contributed by atoms with Gasteiger partial charge in [-0.1, -0.05) is 19.1 Å². The number of hydrogen-bond acceptors (Lipinski definition) is 4. The summed E-state index contributed by atoms with van der Waals surface area (Å²) in [5, 5.41) is 3.00. The molecule has 0 spiro atoms. The molecule has 1 aromatic rings. The summed E-state index contributed by atoms with van der Waals surface area (Å²) in [6, 6.07) is 1.78. The molecule has 0 aliphatic carbocycles. The number of H-pyrrole nitrogens is 1. The fraction of sp³-hybridized carbons (Fsp3) is 0.667. The summed E-state index contributed by atoms with van der Waals surface area (Å²) in [6.07, 6.45) is 0. The van der Waals surface area contributed by atoms with Crippen molar-refractivity contribution in [3.8, 4) is 0 Å². The lowest BCUT2D eigenvalue weighted by atomic mass is 10.5. The quantitative estimate of drug-likeness (QED) is 0.782. The largest absolute Gasteiger partial charge is 0.378 e. The van der Waals surface area contributed by atoms with E-state index >= 15 is 0 Å². The number of sulfone groups is 1. The van der Waals surface area contributed by atoms with Crippen molar-refractivity contribution >= 4 is 22.1 Å². The van der Waals surface area contributed by atoms with Crippen molar-refractivity contribution in [2.45, 2.75) is 20.1 Å². The molecule has 0 aliphatic heterocycles. The highest BCUT2D eigenvalue weighted by Crippen LogP contribution is 2.02. The summed E-state index contributed by atoms with van der Waals surface area (Å²) in [5.41, 5.74) is 0.849. The number of rotatable bonds is 6. The average molecular weight is 264 g/mol. The van der Waals surface area contributed by atoms with Gasteiger partial charge in [0.25, 0.3) is 0 Å². The molecule has 0 bridgehead atoms. The van der Waals surface area contributed by atoms with E-state index in [4.69, 9.17) is 17.0 Å². The molecule has 1 heterocycles. The lowest BCUT2D eigenvalue weighted by Crippen LogP contribution is -2.15. The van der Waals surface area contributed by atoms with E-state index in [0.717, 1.165) is 5.69 Å². The molecule has 0 radical (unpaired) electrons. The lowest BCUT2D eigenvalue weighted by Gasteiger charge is -2.03. The normalized spacial score (nSPS) is 11.9. The predicted molar refractivity (Wildman–Crippen MR) is 64.7 cm³/mol. The van der Waals surface area contributed by atoms with Crippen molar-refractivity contribution in [1.82, 2.24) is 9.78 Å². The number of methoxy groups -OCH3 is 1. The summed E-state index contributed by atoms with van der Waals surface area (Å²) in [5.74, 6) is 0.261. The van der Waals surface area contributed by atoms with Gasteiger partial charge in [0.2, 0.25) is 0 Å². The molecule has 1 rings (SSSR count). The van der Waals surface area contributed by atoms with E-state index < -0.39 is 9.84 Å². The van der Waals surface area contributed by atoms with Gasteiger partial charge in [-0.25, -0.2) is 8.42 Å². The molecule has 1 aromatic heterocycles. The number of nitrogens with zero attached hydrogens (tertiary/aromatic N) is 1. The van der Waals surface area contributed by atoms with Crippen LogP contribution in [0, 0.1) is 4.64 Å². The van der Waals surface area contributed by atoms with E-state index in [9.17, 15) is 8.42 Å². The summed E-state index contributed by atoms with van der Waals surface area (Å²) in [7, 11) is -1.36. The van der Waals surface area contributed by atoms with Gasteiger partial charge in [-0.3, -0.25) is 9.78 Å². The first-order valence-corrected chi connectivity index (χ1v) is 7.19. The van der Waals surface area contributed by atoms with E-state index in [1.165, 1.54) is 0 Å². The van der Waals surface area contributed by atoms with Gasteiger partial charge in [0.15, 0.2) is 9.84 Å².